The fraction of sp³-hybridized carbons (Fsp3) is 0.565. The Labute approximate surface area is 175 Å². The number of rotatable bonds is 2. The lowest BCUT2D eigenvalue weighted by Gasteiger charge is -2.59. The lowest BCUT2D eigenvalue weighted by Crippen LogP contribution is -2.61. The van der Waals surface area contributed by atoms with E-state index in [2.05, 4.69) is 13.2 Å². The number of carbonyl (C=O) groups excluding carboxylic acids is 2. The summed E-state index contributed by atoms with van der Waals surface area (Å²) >= 11 is 6.64. The number of aliphatic hydroxyl groups excluding tert-OH is 2. The molecule has 0 bridgehead atoms. The minimum absolute atomic E-state index is 0.109. The van der Waals surface area contributed by atoms with Crippen molar-refractivity contribution < 1.29 is 24.9 Å². The Kier molecular flexibility index (Phi) is 4.46. The highest BCUT2D eigenvalue weighted by molar-refractivity contribution is 6.33. The van der Waals surface area contributed by atoms with Crippen molar-refractivity contribution in [3.8, 4) is 0 Å². The Bertz CT molecular complexity index is 916. The molecule has 0 aromatic heterocycles. The zero-order valence-electron chi connectivity index (χ0n) is 16.7. The second-order valence-electron chi connectivity index (χ2n) is 9.48. The summed E-state index contributed by atoms with van der Waals surface area (Å²) < 4.78 is 0. The van der Waals surface area contributed by atoms with E-state index in [9.17, 15) is 24.9 Å². The molecule has 0 spiro atoms. The van der Waals surface area contributed by atoms with Gasteiger partial charge in [0.05, 0.1) is 6.10 Å². The normalized spacial score (nSPS) is 46.5. The molecule has 2 fully saturated rings. The maximum atomic E-state index is 12.5. The van der Waals surface area contributed by atoms with Crippen molar-refractivity contribution in [3.63, 3.8) is 0 Å². The SMILES string of the molecule is C=C1C(=C)[C@@]2(C)C(=CC1=O)C(Cl)=C[C@@H]1[C@@H]2C(O)C[C@@]2(C)[C@H]1CC[C@]2(O)C(=O)CO. The maximum absolute atomic E-state index is 12.5. The van der Waals surface area contributed by atoms with Crippen LogP contribution in [0.25, 0.3) is 0 Å². The first-order valence-electron chi connectivity index (χ1n) is 10.0. The second kappa shape index (κ2) is 6.24. The van der Waals surface area contributed by atoms with Crippen LogP contribution in [0.4, 0.5) is 0 Å². The van der Waals surface area contributed by atoms with Crippen molar-refractivity contribution in [2.45, 2.75) is 44.8 Å². The van der Waals surface area contributed by atoms with Crippen LogP contribution in [-0.4, -0.2) is 45.2 Å². The van der Waals surface area contributed by atoms with Gasteiger partial charge in [-0.25, -0.2) is 0 Å². The van der Waals surface area contributed by atoms with Crippen molar-refractivity contribution >= 4 is 23.2 Å². The van der Waals surface area contributed by atoms with Gasteiger partial charge in [-0.15, -0.1) is 0 Å². The summed E-state index contributed by atoms with van der Waals surface area (Å²) in [6.07, 6.45) is 3.53. The molecule has 4 aliphatic carbocycles. The van der Waals surface area contributed by atoms with Crippen molar-refractivity contribution in [2.75, 3.05) is 6.61 Å². The number of halogens is 1. The van der Waals surface area contributed by atoms with Crippen LogP contribution in [0, 0.1) is 28.6 Å². The van der Waals surface area contributed by atoms with Gasteiger partial charge < -0.3 is 15.3 Å². The van der Waals surface area contributed by atoms with Crippen molar-refractivity contribution in [3.05, 3.63) is 47.1 Å². The molecule has 0 aliphatic heterocycles. The molecule has 5 nitrogen and oxygen atoms in total. The van der Waals surface area contributed by atoms with E-state index in [0.717, 1.165) is 0 Å². The van der Waals surface area contributed by atoms with Gasteiger partial charge in [0.25, 0.3) is 0 Å². The average molecular weight is 419 g/mol. The molecule has 156 valence electrons. The van der Waals surface area contributed by atoms with Crippen molar-refractivity contribution in [2.24, 2.45) is 28.6 Å². The Morgan fingerprint density at radius 3 is 2.62 bits per heavy atom. The first-order chi connectivity index (χ1) is 13.4. The second-order valence-corrected chi connectivity index (χ2v) is 9.88. The van der Waals surface area contributed by atoms with E-state index in [0.29, 0.717) is 28.2 Å². The van der Waals surface area contributed by atoms with Gasteiger partial charge in [-0.3, -0.25) is 9.59 Å². The number of aliphatic hydroxyl groups is 3. The number of ketones is 2. The Hall–Kier alpha value is -1.53. The van der Waals surface area contributed by atoms with E-state index in [4.69, 9.17) is 11.6 Å². The fourth-order valence-electron chi connectivity index (χ4n) is 6.81. The first kappa shape index (κ1) is 20.7. The number of carbonyl (C=O) groups is 2. The fourth-order valence-corrected chi connectivity index (χ4v) is 7.20. The summed E-state index contributed by atoms with van der Waals surface area (Å²) in [4.78, 5) is 24.8. The van der Waals surface area contributed by atoms with Crippen molar-refractivity contribution in [1.29, 1.82) is 0 Å². The molecule has 1 unspecified atom stereocenters. The summed E-state index contributed by atoms with van der Waals surface area (Å²) in [6.45, 7) is 11.1. The third kappa shape index (κ3) is 2.33. The standard InChI is InChI=1S/C23H27ClO5/c1-11-12(2)22(4)15(8-17(11)26)16(24)7-13-14-5-6-23(29,19(28)10-25)21(14,3)9-18(27)20(13)22/h7-8,13-14,18,20,25,27,29H,1-2,5-6,9-10H2,3-4H3/t13-,14-,18?,20+,21-,22-,23-/m0/s1. The van der Waals surface area contributed by atoms with Gasteiger partial charge in [0.2, 0.25) is 0 Å². The molecular formula is C23H27ClO5. The van der Waals surface area contributed by atoms with E-state index >= 15 is 0 Å². The predicted octanol–water partition coefficient (Wildman–Crippen LogP) is 2.46. The molecule has 7 atom stereocenters. The quantitative estimate of drug-likeness (QED) is 0.599. The number of fused-ring (bicyclic) bond motifs is 5. The highest BCUT2D eigenvalue weighted by Gasteiger charge is 2.68. The molecule has 0 amide bonds. The summed E-state index contributed by atoms with van der Waals surface area (Å²) in [6, 6.07) is 0. The van der Waals surface area contributed by atoms with E-state index in [1.54, 1.807) is 0 Å². The largest absolute Gasteiger partial charge is 0.393 e. The third-order valence-electron chi connectivity index (χ3n) is 8.50. The Balaban J connectivity index is 1.88. The highest BCUT2D eigenvalue weighted by Crippen LogP contribution is 2.68. The van der Waals surface area contributed by atoms with E-state index in [1.807, 2.05) is 19.9 Å². The minimum Gasteiger partial charge on any atom is -0.393 e. The molecule has 2 saturated carbocycles. The van der Waals surface area contributed by atoms with Gasteiger partial charge >= 0.3 is 0 Å². The highest BCUT2D eigenvalue weighted by atomic mass is 35.5. The molecule has 29 heavy (non-hydrogen) atoms. The van der Waals surface area contributed by atoms with Crippen LogP contribution in [0.1, 0.15) is 33.1 Å². The maximum Gasteiger partial charge on any atom is 0.190 e. The average Bonchev–Trinajstić information content (AvgIpc) is 2.93. The zero-order valence-corrected chi connectivity index (χ0v) is 17.5. The van der Waals surface area contributed by atoms with Crippen LogP contribution in [0.3, 0.4) is 0 Å². The first-order valence-corrected chi connectivity index (χ1v) is 10.4. The van der Waals surface area contributed by atoms with Gasteiger partial charge in [-0.2, -0.15) is 0 Å². The number of hydrogen-bond donors (Lipinski definition) is 3. The van der Waals surface area contributed by atoms with Gasteiger partial charge in [0.15, 0.2) is 11.6 Å². The smallest absolute Gasteiger partial charge is 0.190 e. The lowest BCUT2D eigenvalue weighted by molar-refractivity contribution is -0.172. The van der Waals surface area contributed by atoms with Crippen LogP contribution < -0.4 is 0 Å². The molecule has 0 aromatic carbocycles. The lowest BCUT2D eigenvalue weighted by atomic mass is 9.46. The molecule has 0 aromatic rings. The molecule has 4 rings (SSSR count). The van der Waals surface area contributed by atoms with Crippen LogP contribution in [0.15, 0.2) is 47.1 Å². The third-order valence-corrected chi connectivity index (χ3v) is 8.83. The molecule has 3 N–H and O–H groups in total. The van der Waals surface area contributed by atoms with Crippen LogP contribution in [0.2, 0.25) is 0 Å². The molecule has 0 radical (unpaired) electrons. The molecular weight excluding hydrogens is 392 g/mol. The summed E-state index contributed by atoms with van der Waals surface area (Å²) in [5.41, 5.74) is -1.81. The monoisotopic (exact) mass is 418 g/mol. The van der Waals surface area contributed by atoms with E-state index < -0.39 is 34.9 Å². The van der Waals surface area contributed by atoms with Crippen LogP contribution >= 0.6 is 11.6 Å². The van der Waals surface area contributed by atoms with Gasteiger partial charge in [-0.05, 0) is 48.3 Å². The Morgan fingerprint density at radius 1 is 1.34 bits per heavy atom. The summed E-state index contributed by atoms with van der Waals surface area (Å²) in [5.74, 6) is -1.46. The topological polar surface area (TPSA) is 94.8 Å². The number of allylic oxidation sites excluding steroid dienone is 6. The van der Waals surface area contributed by atoms with Crippen molar-refractivity contribution in [1.82, 2.24) is 0 Å². The van der Waals surface area contributed by atoms with Gasteiger partial charge in [-0.1, -0.05) is 44.7 Å². The van der Waals surface area contributed by atoms with Crippen LogP contribution in [0.5, 0.6) is 0 Å². The summed E-state index contributed by atoms with van der Waals surface area (Å²) in [7, 11) is 0. The van der Waals surface area contributed by atoms with E-state index in [-0.39, 0.29) is 36.4 Å². The molecule has 0 heterocycles. The zero-order chi connectivity index (χ0) is 21.5. The Morgan fingerprint density at radius 2 is 2.00 bits per heavy atom. The molecule has 4 aliphatic rings. The predicted molar refractivity (Wildman–Crippen MR) is 109 cm³/mol. The van der Waals surface area contributed by atoms with E-state index in [1.165, 1.54) is 6.08 Å². The van der Waals surface area contributed by atoms with Crippen LogP contribution in [-0.2, 0) is 9.59 Å². The molecule has 0 saturated heterocycles. The molecule has 6 heteroatoms. The summed E-state index contributed by atoms with van der Waals surface area (Å²) in [5, 5.41) is 32.4. The number of Topliss-reactive ketones (excluding diaryl/α,β-unsaturated/α-hetero) is 1. The van der Waals surface area contributed by atoms with Gasteiger partial charge in [0.1, 0.15) is 12.2 Å². The van der Waals surface area contributed by atoms with Gasteiger partial charge in [0, 0.05) is 27.4 Å². The number of hydrogen-bond acceptors (Lipinski definition) is 5. The minimum atomic E-state index is -1.68.